The maximum Gasteiger partial charge on any atom is 0.241 e. The van der Waals surface area contributed by atoms with Gasteiger partial charge in [0.05, 0.1) is 18.0 Å². The molecule has 0 aliphatic heterocycles. The predicted molar refractivity (Wildman–Crippen MR) is 91.9 cm³/mol. The number of hydrogen-bond acceptors (Lipinski definition) is 4. The molecule has 2 unspecified atom stereocenters. The van der Waals surface area contributed by atoms with Gasteiger partial charge in [0, 0.05) is 18.0 Å². The minimum atomic E-state index is -3.22. The zero-order valence-corrected chi connectivity index (χ0v) is 14.4. The van der Waals surface area contributed by atoms with Crippen molar-refractivity contribution in [1.82, 2.24) is 19.8 Å². The van der Waals surface area contributed by atoms with Crippen molar-refractivity contribution in [2.45, 2.75) is 31.8 Å². The number of hydrogen-bond donors (Lipinski definition) is 2. The lowest BCUT2D eigenvalue weighted by atomic mass is 10.0. The molecule has 2 aromatic rings. The van der Waals surface area contributed by atoms with Gasteiger partial charge in [0.1, 0.15) is 6.54 Å². The number of carbonyl (C=O) groups is 1. The van der Waals surface area contributed by atoms with Crippen molar-refractivity contribution in [3.63, 3.8) is 0 Å². The molecule has 1 saturated carbocycles. The molecular formula is C16H22N4O3S. The van der Waals surface area contributed by atoms with Crippen molar-refractivity contribution >= 4 is 26.8 Å². The van der Waals surface area contributed by atoms with Crippen LogP contribution in [0.4, 0.5) is 0 Å². The van der Waals surface area contributed by atoms with Crippen LogP contribution in [0.3, 0.4) is 0 Å². The first-order chi connectivity index (χ1) is 11.4. The van der Waals surface area contributed by atoms with Gasteiger partial charge >= 0.3 is 0 Å². The minimum absolute atomic E-state index is 0.0918. The molecule has 1 aliphatic rings. The zero-order chi connectivity index (χ0) is 17.2. The Morgan fingerprint density at radius 1 is 1.33 bits per heavy atom. The molecule has 0 saturated heterocycles. The Bertz CT molecular complexity index is 831. The summed E-state index contributed by atoms with van der Waals surface area (Å²) in [7, 11) is -3.22. The molecule has 0 bridgehead atoms. The van der Waals surface area contributed by atoms with E-state index >= 15 is 0 Å². The molecule has 0 radical (unpaired) electrons. The molecule has 24 heavy (non-hydrogen) atoms. The molecule has 1 heterocycles. The highest BCUT2D eigenvalue weighted by Gasteiger charge is 2.29. The highest BCUT2D eigenvalue weighted by Crippen LogP contribution is 2.25. The molecular weight excluding hydrogens is 328 g/mol. The Kier molecular flexibility index (Phi) is 4.86. The third-order valence-corrected chi connectivity index (χ3v) is 5.16. The van der Waals surface area contributed by atoms with Gasteiger partial charge in [-0.3, -0.25) is 9.48 Å². The normalized spacial score (nSPS) is 21.2. The van der Waals surface area contributed by atoms with E-state index in [2.05, 4.69) is 15.1 Å². The Morgan fingerprint density at radius 2 is 2.12 bits per heavy atom. The third kappa shape index (κ3) is 4.12. The molecule has 1 fully saturated rings. The van der Waals surface area contributed by atoms with E-state index < -0.39 is 10.0 Å². The monoisotopic (exact) mass is 350 g/mol. The number of fused-ring (bicyclic) bond motifs is 1. The minimum Gasteiger partial charge on any atom is -0.354 e. The van der Waals surface area contributed by atoms with E-state index in [0.29, 0.717) is 6.54 Å². The Labute approximate surface area is 141 Å². The summed E-state index contributed by atoms with van der Waals surface area (Å²) >= 11 is 0. The average molecular weight is 350 g/mol. The topological polar surface area (TPSA) is 93.1 Å². The van der Waals surface area contributed by atoms with E-state index in [1.165, 1.54) is 6.26 Å². The van der Waals surface area contributed by atoms with Crippen LogP contribution in [0.1, 0.15) is 19.3 Å². The second kappa shape index (κ2) is 6.90. The van der Waals surface area contributed by atoms with Crippen LogP contribution in [0.25, 0.3) is 10.9 Å². The van der Waals surface area contributed by atoms with Crippen LogP contribution >= 0.6 is 0 Å². The summed E-state index contributed by atoms with van der Waals surface area (Å²) in [5.74, 6) is 0.0203. The molecule has 1 aromatic carbocycles. The van der Waals surface area contributed by atoms with Crippen LogP contribution in [-0.4, -0.2) is 42.9 Å². The maximum absolute atomic E-state index is 12.2. The van der Waals surface area contributed by atoms with Gasteiger partial charge < -0.3 is 5.32 Å². The molecule has 7 nitrogen and oxygen atoms in total. The van der Waals surface area contributed by atoms with Crippen molar-refractivity contribution in [3.05, 3.63) is 30.5 Å². The standard InChI is InChI=1S/C16H22N4O3S/c1-24(22,23)19-14-7-4-6-12(14)9-17-16(21)11-20-15-8-3-2-5-13(15)10-18-20/h2-3,5,8,10,12,14,19H,4,6-7,9,11H2,1H3,(H,17,21). The summed E-state index contributed by atoms with van der Waals surface area (Å²) in [4.78, 5) is 12.2. The van der Waals surface area contributed by atoms with Gasteiger partial charge in [-0.05, 0) is 24.8 Å². The van der Waals surface area contributed by atoms with Gasteiger partial charge in [0.25, 0.3) is 0 Å². The predicted octanol–water partition coefficient (Wildman–Crippen LogP) is 0.870. The second-order valence-corrected chi connectivity index (χ2v) is 8.13. The molecule has 3 rings (SSSR count). The van der Waals surface area contributed by atoms with Gasteiger partial charge in [0.15, 0.2) is 0 Å². The first-order valence-corrected chi connectivity index (χ1v) is 9.96. The molecule has 130 valence electrons. The Balaban J connectivity index is 1.55. The second-order valence-electron chi connectivity index (χ2n) is 6.35. The van der Waals surface area contributed by atoms with Gasteiger partial charge in [0.2, 0.25) is 15.9 Å². The fourth-order valence-electron chi connectivity index (χ4n) is 3.30. The smallest absolute Gasteiger partial charge is 0.241 e. The van der Waals surface area contributed by atoms with Crippen LogP contribution in [-0.2, 0) is 21.4 Å². The summed E-state index contributed by atoms with van der Waals surface area (Å²) in [5.41, 5.74) is 0.921. The molecule has 8 heteroatoms. The lowest BCUT2D eigenvalue weighted by molar-refractivity contribution is -0.121. The van der Waals surface area contributed by atoms with Crippen LogP contribution in [0.2, 0.25) is 0 Å². The summed E-state index contributed by atoms with van der Waals surface area (Å²) < 4.78 is 27.1. The maximum atomic E-state index is 12.2. The highest BCUT2D eigenvalue weighted by atomic mass is 32.2. The summed E-state index contributed by atoms with van der Waals surface area (Å²) in [6.07, 6.45) is 5.61. The van der Waals surface area contributed by atoms with Gasteiger partial charge in [-0.2, -0.15) is 5.10 Å². The van der Waals surface area contributed by atoms with Crippen molar-refractivity contribution < 1.29 is 13.2 Å². The quantitative estimate of drug-likeness (QED) is 0.808. The summed E-state index contributed by atoms with van der Waals surface area (Å²) in [6, 6.07) is 7.64. The number of sulfonamides is 1. The zero-order valence-electron chi connectivity index (χ0n) is 13.6. The number of carbonyl (C=O) groups excluding carboxylic acids is 1. The van der Waals surface area contributed by atoms with Crippen molar-refractivity contribution in [1.29, 1.82) is 0 Å². The number of benzene rings is 1. The fraction of sp³-hybridized carbons (Fsp3) is 0.500. The van der Waals surface area contributed by atoms with Gasteiger partial charge in [-0.25, -0.2) is 13.1 Å². The first kappa shape index (κ1) is 16.9. The van der Waals surface area contributed by atoms with E-state index in [1.807, 2.05) is 24.3 Å². The van der Waals surface area contributed by atoms with Crippen molar-refractivity contribution in [2.24, 2.45) is 5.92 Å². The number of rotatable bonds is 6. The van der Waals surface area contributed by atoms with Crippen molar-refractivity contribution in [2.75, 3.05) is 12.8 Å². The number of aromatic nitrogens is 2. The largest absolute Gasteiger partial charge is 0.354 e. The molecule has 1 amide bonds. The lowest BCUT2D eigenvalue weighted by Crippen LogP contribution is -2.42. The Hall–Kier alpha value is -1.93. The number of nitrogens with zero attached hydrogens (tertiary/aromatic N) is 2. The van der Waals surface area contributed by atoms with E-state index in [4.69, 9.17) is 0 Å². The summed E-state index contributed by atoms with van der Waals surface area (Å²) in [6.45, 7) is 0.635. The van der Waals surface area contributed by atoms with Crippen molar-refractivity contribution in [3.8, 4) is 0 Å². The van der Waals surface area contributed by atoms with E-state index in [1.54, 1.807) is 10.9 Å². The van der Waals surface area contributed by atoms with Crippen LogP contribution in [0, 0.1) is 5.92 Å². The molecule has 0 spiro atoms. The molecule has 1 aliphatic carbocycles. The number of amides is 1. The van der Waals surface area contributed by atoms with Gasteiger partial charge in [-0.15, -0.1) is 0 Å². The van der Waals surface area contributed by atoms with Crippen LogP contribution < -0.4 is 10.0 Å². The van der Waals surface area contributed by atoms with E-state index in [-0.39, 0.29) is 24.4 Å². The number of para-hydroxylation sites is 1. The SMILES string of the molecule is CS(=O)(=O)NC1CCCC1CNC(=O)Cn1ncc2ccccc21. The summed E-state index contributed by atoms with van der Waals surface area (Å²) in [5, 5.41) is 8.15. The molecule has 2 N–H and O–H groups in total. The highest BCUT2D eigenvalue weighted by molar-refractivity contribution is 7.88. The number of nitrogens with one attached hydrogen (secondary N) is 2. The fourth-order valence-corrected chi connectivity index (χ4v) is 4.16. The van der Waals surface area contributed by atoms with E-state index in [9.17, 15) is 13.2 Å². The average Bonchev–Trinajstić information content (AvgIpc) is 3.11. The molecule has 2 atom stereocenters. The van der Waals surface area contributed by atoms with Gasteiger partial charge in [-0.1, -0.05) is 24.6 Å². The van der Waals surface area contributed by atoms with Crippen LogP contribution in [0.5, 0.6) is 0 Å². The lowest BCUT2D eigenvalue weighted by Gasteiger charge is -2.20. The molecule has 1 aromatic heterocycles. The first-order valence-electron chi connectivity index (χ1n) is 8.07. The van der Waals surface area contributed by atoms with E-state index in [0.717, 1.165) is 30.2 Å². The Morgan fingerprint density at radius 3 is 2.92 bits per heavy atom. The van der Waals surface area contributed by atoms with Crippen LogP contribution in [0.15, 0.2) is 30.5 Å². The third-order valence-electron chi connectivity index (χ3n) is 4.43.